The van der Waals surface area contributed by atoms with Gasteiger partial charge >= 0.3 is 0 Å². The molecule has 0 saturated heterocycles. The summed E-state index contributed by atoms with van der Waals surface area (Å²) >= 11 is 12.0. The Balaban J connectivity index is 1.77. The number of nitrogens with zero attached hydrogens (tertiary/aromatic N) is 1. The second-order valence-corrected chi connectivity index (χ2v) is 16.6. The second kappa shape index (κ2) is 11.3. The van der Waals surface area contributed by atoms with Gasteiger partial charge in [0.25, 0.3) is 0 Å². The monoisotopic (exact) mass is 711 g/mol. The number of benzene rings is 5. The minimum Gasteiger partial charge on any atom is -0.308 e. The van der Waals surface area contributed by atoms with Crippen LogP contribution in [0.2, 0.25) is 0 Å². The molecule has 0 unspecified atom stereocenters. The highest BCUT2D eigenvalue weighted by Gasteiger charge is 2.26. The molecular weight excluding hydrogens is 679 g/mol. The van der Waals surface area contributed by atoms with E-state index in [1.807, 2.05) is 45.3 Å². The van der Waals surface area contributed by atoms with Gasteiger partial charge in [0.05, 0.1) is 29.0 Å². The third-order valence-electron chi connectivity index (χ3n) is 9.46. The first kappa shape index (κ1) is 29.9. The lowest BCUT2D eigenvalue weighted by Crippen LogP contribution is -2.10. The maximum Gasteiger partial charge on any atom is 0.0837 e. The van der Waals surface area contributed by atoms with Crippen LogP contribution in [0, 0.1) is 55.4 Å². The van der Waals surface area contributed by atoms with E-state index in [4.69, 9.17) is 0 Å². The SMILES string of the molecule is Cc1c(C)c(C)c2sc3c(N(c4ccccc4)c4ccccc4)c4sc5c(C)c(C)c(C)c(C)c5sc4c(Br)c3sc2c1C. The third-order valence-corrected chi connectivity index (χ3v) is 16.6. The Morgan fingerprint density at radius 3 is 1.00 bits per heavy atom. The molecule has 6 heteroatoms. The number of hydrogen-bond acceptors (Lipinski definition) is 5. The summed E-state index contributed by atoms with van der Waals surface area (Å²) < 4.78 is 12.1. The van der Waals surface area contributed by atoms with Gasteiger partial charge in [-0.3, -0.25) is 0 Å². The number of halogens is 1. The number of fused-ring (bicyclic) bond motifs is 4. The molecule has 222 valence electrons. The summed E-state index contributed by atoms with van der Waals surface area (Å²) in [4.78, 5) is 2.49. The Kier molecular flexibility index (Phi) is 7.66. The summed E-state index contributed by atoms with van der Waals surface area (Å²) in [5, 5.41) is 0. The zero-order valence-corrected chi connectivity index (χ0v) is 31.1. The van der Waals surface area contributed by atoms with Crippen molar-refractivity contribution in [3.8, 4) is 0 Å². The lowest BCUT2D eigenvalue weighted by molar-refractivity contribution is 1.26. The molecule has 0 aliphatic heterocycles. The van der Waals surface area contributed by atoms with Crippen LogP contribution >= 0.6 is 61.3 Å². The molecule has 0 amide bonds. The Bertz CT molecular complexity index is 2160. The molecular formula is C38H34BrNS4. The van der Waals surface area contributed by atoms with Crippen molar-refractivity contribution in [1.29, 1.82) is 0 Å². The number of hydrogen-bond donors (Lipinski definition) is 0. The largest absolute Gasteiger partial charge is 0.308 e. The van der Waals surface area contributed by atoms with Crippen LogP contribution in [0.1, 0.15) is 44.5 Å². The van der Waals surface area contributed by atoms with E-state index in [1.165, 1.54) is 104 Å². The van der Waals surface area contributed by atoms with Crippen molar-refractivity contribution in [1.82, 2.24) is 0 Å². The predicted octanol–water partition coefficient (Wildman–Crippen LogP) is 14.4. The van der Waals surface area contributed by atoms with Gasteiger partial charge in [-0.15, -0.1) is 45.3 Å². The summed E-state index contributed by atoms with van der Waals surface area (Å²) in [6, 6.07) is 21.8. The molecule has 0 atom stereocenters. The summed E-state index contributed by atoms with van der Waals surface area (Å²) in [5.41, 5.74) is 14.8. The number of para-hydroxylation sites is 2. The van der Waals surface area contributed by atoms with Gasteiger partial charge in [0.1, 0.15) is 0 Å². The lowest BCUT2D eigenvalue weighted by Gasteiger charge is -2.28. The first-order valence-corrected chi connectivity index (χ1v) is 18.9. The summed E-state index contributed by atoms with van der Waals surface area (Å²) in [7, 11) is 0. The average molecular weight is 713 g/mol. The van der Waals surface area contributed by atoms with Gasteiger partial charge in [-0.1, -0.05) is 36.4 Å². The van der Waals surface area contributed by atoms with Crippen molar-refractivity contribution in [3.63, 3.8) is 0 Å². The molecule has 1 nitrogen and oxygen atoms in total. The number of aryl methyl sites for hydroxylation is 4. The Morgan fingerprint density at radius 1 is 0.386 bits per heavy atom. The average Bonchev–Trinajstić information content (AvgIpc) is 3.06. The van der Waals surface area contributed by atoms with Gasteiger partial charge in [-0.05, 0) is 140 Å². The van der Waals surface area contributed by atoms with E-state index in [-0.39, 0.29) is 0 Å². The minimum atomic E-state index is 1.17. The molecule has 0 radical (unpaired) electrons. The van der Waals surface area contributed by atoms with Crippen molar-refractivity contribution in [2.75, 3.05) is 4.90 Å². The van der Waals surface area contributed by atoms with Gasteiger partial charge in [0, 0.05) is 30.2 Å². The van der Waals surface area contributed by atoms with Crippen LogP contribution in [-0.4, -0.2) is 0 Å². The molecule has 0 aliphatic rings. The molecule has 0 spiro atoms. The van der Waals surface area contributed by atoms with Gasteiger partial charge in [0.15, 0.2) is 0 Å². The molecule has 0 aliphatic carbocycles. The van der Waals surface area contributed by atoms with Crippen molar-refractivity contribution in [2.24, 2.45) is 0 Å². The summed E-state index contributed by atoms with van der Waals surface area (Å²) in [5.74, 6) is 0. The minimum absolute atomic E-state index is 1.17. The van der Waals surface area contributed by atoms with E-state index in [0.29, 0.717) is 0 Å². The zero-order chi connectivity index (χ0) is 31.0. The van der Waals surface area contributed by atoms with E-state index in [1.54, 1.807) is 0 Å². The van der Waals surface area contributed by atoms with E-state index < -0.39 is 0 Å². The van der Waals surface area contributed by atoms with Crippen LogP contribution in [0.4, 0.5) is 17.1 Å². The predicted molar refractivity (Wildman–Crippen MR) is 206 cm³/mol. The molecule has 0 saturated carbocycles. The fourth-order valence-electron chi connectivity index (χ4n) is 6.14. The standard InChI is InChI=1S/C38H34BrNS4/c1-19-21(3)25(7)33-31(23(19)5)41-35-29(39)36-38(44-34-26(8)22(4)20(2)24(6)32(34)42-36)30(37(35)43-33)40(27-15-11-9-12-16-27)28-17-13-10-14-18-28/h9-18H,1-8H3. The van der Waals surface area contributed by atoms with Crippen LogP contribution in [-0.2, 0) is 0 Å². The van der Waals surface area contributed by atoms with Gasteiger partial charge in [-0.25, -0.2) is 0 Å². The van der Waals surface area contributed by atoms with Crippen molar-refractivity contribution < 1.29 is 0 Å². The molecule has 44 heavy (non-hydrogen) atoms. The summed E-state index contributed by atoms with van der Waals surface area (Å²) in [6.07, 6.45) is 0. The van der Waals surface area contributed by atoms with E-state index in [9.17, 15) is 0 Å². The fourth-order valence-corrected chi connectivity index (χ4v) is 13.2. The summed E-state index contributed by atoms with van der Waals surface area (Å²) in [6.45, 7) is 18.3. The molecule has 2 aromatic heterocycles. The molecule has 2 heterocycles. The number of rotatable bonds is 3. The van der Waals surface area contributed by atoms with Gasteiger partial charge in [0.2, 0.25) is 0 Å². The first-order chi connectivity index (χ1) is 21.1. The zero-order valence-electron chi connectivity index (χ0n) is 26.2. The highest BCUT2D eigenvalue weighted by Crippen LogP contribution is 2.55. The van der Waals surface area contributed by atoms with Crippen LogP contribution in [0.15, 0.2) is 65.1 Å². The van der Waals surface area contributed by atoms with Crippen molar-refractivity contribution >= 4 is 116 Å². The molecule has 0 fully saturated rings. The van der Waals surface area contributed by atoms with Crippen LogP contribution in [0.5, 0.6) is 0 Å². The maximum atomic E-state index is 4.22. The number of anilines is 3. The third kappa shape index (κ3) is 4.48. The van der Waals surface area contributed by atoms with E-state index in [2.05, 4.69) is 137 Å². The van der Waals surface area contributed by atoms with Crippen molar-refractivity contribution in [3.05, 3.63) is 110 Å². The lowest BCUT2D eigenvalue weighted by atomic mass is 10.00. The maximum absolute atomic E-state index is 4.22. The Morgan fingerprint density at radius 2 is 0.682 bits per heavy atom. The fraction of sp³-hybridized carbons (Fsp3) is 0.211. The van der Waals surface area contributed by atoms with E-state index in [0.717, 1.165) is 0 Å². The molecule has 0 N–H and O–H groups in total. The normalized spacial score (nSPS) is 11.8. The highest BCUT2D eigenvalue weighted by molar-refractivity contribution is 9.11. The van der Waals surface area contributed by atoms with Gasteiger partial charge < -0.3 is 4.90 Å². The molecule has 5 aromatic carbocycles. The first-order valence-electron chi connectivity index (χ1n) is 14.8. The second-order valence-electron chi connectivity index (χ2n) is 11.7. The van der Waals surface area contributed by atoms with Crippen LogP contribution in [0.3, 0.4) is 0 Å². The van der Waals surface area contributed by atoms with Crippen LogP contribution < -0.4 is 4.90 Å². The van der Waals surface area contributed by atoms with Gasteiger partial charge in [-0.2, -0.15) is 0 Å². The quantitative estimate of drug-likeness (QED) is 0.165. The molecule has 0 bridgehead atoms. The van der Waals surface area contributed by atoms with Crippen molar-refractivity contribution in [2.45, 2.75) is 55.4 Å². The Labute approximate surface area is 283 Å². The highest BCUT2D eigenvalue weighted by atomic mass is 79.9. The Hall–Kier alpha value is -2.74. The van der Waals surface area contributed by atoms with E-state index >= 15 is 0 Å². The smallest absolute Gasteiger partial charge is 0.0837 e. The topological polar surface area (TPSA) is 3.24 Å². The molecule has 7 aromatic rings. The molecule has 7 rings (SSSR count). The van der Waals surface area contributed by atoms with Crippen LogP contribution in [0.25, 0.3) is 37.6 Å².